The van der Waals surface area contributed by atoms with Crippen molar-refractivity contribution < 1.29 is 13.2 Å². The van der Waals surface area contributed by atoms with Gasteiger partial charge in [0.2, 0.25) is 0 Å². The predicted octanol–water partition coefficient (Wildman–Crippen LogP) is 3.26. The zero-order valence-electron chi connectivity index (χ0n) is 12.6. The van der Waals surface area contributed by atoms with Crippen molar-refractivity contribution in [1.82, 2.24) is 0 Å². The van der Waals surface area contributed by atoms with Crippen LogP contribution < -0.4 is 4.74 Å². The van der Waals surface area contributed by atoms with E-state index in [0.717, 1.165) is 5.56 Å². The lowest BCUT2D eigenvalue weighted by molar-refractivity contribution is 0.339. The molecule has 5 heteroatoms. The number of alkyl halides is 1. The van der Waals surface area contributed by atoms with Gasteiger partial charge in [-0.1, -0.05) is 11.8 Å². The number of hydrogen-bond acceptors (Lipinski definition) is 3. The van der Waals surface area contributed by atoms with Crippen molar-refractivity contribution >= 4 is 21.4 Å². The topological polar surface area (TPSA) is 43.4 Å². The van der Waals surface area contributed by atoms with Crippen molar-refractivity contribution in [3.63, 3.8) is 0 Å². The number of halogens is 1. The molecule has 1 rings (SSSR count). The zero-order chi connectivity index (χ0) is 15.9. The molecular formula is C16H21ClO3S. The molecule has 0 aromatic heterocycles. The Balaban J connectivity index is 2.53. The summed E-state index contributed by atoms with van der Waals surface area (Å²) in [5, 5.41) is 0. The third-order valence-corrected chi connectivity index (χ3v) is 5.62. The van der Waals surface area contributed by atoms with Crippen LogP contribution in [0, 0.1) is 11.8 Å². The molecule has 0 radical (unpaired) electrons. The molecule has 0 aliphatic rings. The van der Waals surface area contributed by atoms with Gasteiger partial charge in [0.15, 0.2) is 9.84 Å². The minimum Gasteiger partial charge on any atom is -0.493 e. The molecule has 21 heavy (non-hydrogen) atoms. The highest BCUT2D eigenvalue weighted by Crippen LogP contribution is 2.17. The number of benzene rings is 1. The first-order valence-corrected chi connectivity index (χ1v) is 8.95. The molecule has 0 aliphatic carbocycles. The Labute approximate surface area is 132 Å². The second-order valence-electron chi connectivity index (χ2n) is 5.54. The normalized spacial score (nSPS) is 11.6. The van der Waals surface area contributed by atoms with Crippen LogP contribution in [0.4, 0.5) is 0 Å². The summed E-state index contributed by atoms with van der Waals surface area (Å²) >= 11 is 5.55. The van der Waals surface area contributed by atoms with E-state index in [4.69, 9.17) is 16.3 Å². The van der Waals surface area contributed by atoms with Gasteiger partial charge in [-0.25, -0.2) is 8.42 Å². The highest BCUT2D eigenvalue weighted by atomic mass is 35.5. The first-order chi connectivity index (χ1) is 9.76. The van der Waals surface area contributed by atoms with E-state index in [1.54, 1.807) is 32.9 Å². The lowest BCUT2D eigenvalue weighted by Crippen LogP contribution is -2.32. The van der Waals surface area contributed by atoms with E-state index in [0.29, 0.717) is 18.1 Å². The smallest absolute Gasteiger partial charge is 0.158 e. The molecule has 0 heterocycles. The van der Waals surface area contributed by atoms with Crippen LogP contribution in [0.3, 0.4) is 0 Å². The van der Waals surface area contributed by atoms with Gasteiger partial charge in [0.1, 0.15) is 12.4 Å². The molecule has 0 amide bonds. The van der Waals surface area contributed by atoms with Crippen molar-refractivity contribution in [2.45, 2.75) is 31.9 Å². The van der Waals surface area contributed by atoms with Crippen LogP contribution in [0.1, 0.15) is 32.8 Å². The molecule has 0 fully saturated rings. The number of ether oxygens (including phenoxy) is 1. The molecule has 0 saturated heterocycles. The Bertz CT molecular complexity index is 602. The van der Waals surface area contributed by atoms with Gasteiger partial charge in [-0.3, -0.25) is 0 Å². The molecule has 0 unspecified atom stereocenters. The highest BCUT2D eigenvalue weighted by molar-refractivity contribution is 7.92. The molecule has 3 nitrogen and oxygen atoms in total. The lowest BCUT2D eigenvalue weighted by Gasteiger charge is -2.19. The summed E-state index contributed by atoms with van der Waals surface area (Å²) in [4.78, 5) is 0. The molecule has 116 valence electrons. The molecule has 1 aromatic carbocycles. The summed E-state index contributed by atoms with van der Waals surface area (Å²) in [6.07, 6.45) is 0.657. The minimum absolute atomic E-state index is 0.00772. The van der Waals surface area contributed by atoms with Crippen LogP contribution in [0.25, 0.3) is 0 Å². The SMILES string of the molecule is CC(C)(C)S(=O)(=O)CCOc1ccc(C#CCCCl)cc1. The van der Waals surface area contributed by atoms with E-state index in [9.17, 15) is 8.42 Å². The molecule has 0 bridgehead atoms. The van der Waals surface area contributed by atoms with Crippen molar-refractivity contribution in [3.8, 4) is 17.6 Å². The molecular weight excluding hydrogens is 308 g/mol. The third kappa shape index (κ3) is 5.99. The van der Waals surface area contributed by atoms with Crippen LogP contribution in [0.15, 0.2) is 24.3 Å². The number of sulfone groups is 1. The first kappa shape index (κ1) is 17.9. The molecule has 0 atom stereocenters. The molecule has 0 N–H and O–H groups in total. The van der Waals surface area contributed by atoms with Gasteiger partial charge in [-0.2, -0.15) is 0 Å². The van der Waals surface area contributed by atoms with Crippen LogP contribution in [0.5, 0.6) is 5.75 Å². The van der Waals surface area contributed by atoms with Gasteiger partial charge in [-0.05, 0) is 45.0 Å². The average molecular weight is 329 g/mol. The van der Waals surface area contributed by atoms with Crippen LogP contribution in [-0.2, 0) is 9.84 Å². The monoisotopic (exact) mass is 328 g/mol. The highest BCUT2D eigenvalue weighted by Gasteiger charge is 2.28. The quantitative estimate of drug-likeness (QED) is 0.615. The Morgan fingerprint density at radius 1 is 1.19 bits per heavy atom. The Morgan fingerprint density at radius 2 is 1.81 bits per heavy atom. The van der Waals surface area contributed by atoms with Gasteiger partial charge in [-0.15, -0.1) is 11.6 Å². The van der Waals surface area contributed by atoms with Crippen molar-refractivity contribution in [1.29, 1.82) is 0 Å². The summed E-state index contributed by atoms with van der Waals surface area (Å²) in [5.41, 5.74) is 0.884. The summed E-state index contributed by atoms with van der Waals surface area (Å²) in [5.74, 6) is 7.11. The Hall–Kier alpha value is -1.18. The maximum absolute atomic E-state index is 11.9. The second kappa shape index (κ2) is 7.72. The number of rotatable bonds is 5. The van der Waals surface area contributed by atoms with Gasteiger partial charge in [0, 0.05) is 17.9 Å². The fraction of sp³-hybridized carbons (Fsp3) is 0.500. The molecule has 1 aromatic rings. The van der Waals surface area contributed by atoms with Gasteiger partial charge in [0.05, 0.1) is 10.5 Å². The van der Waals surface area contributed by atoms with E-state index in [1.807, 2.05) is 12.1 Å². The Morgan fingerprint density at radius 3 is 2.33 bits per heavy atom. The summed E-state index contributed by atoms with van der Waals surface area (Å²) in [7, 11) is -3.15. The van der Waals surface area contributed by atoms with E-state index in [1.165, 1.54) is 0 Å². The summed E-state index contributed by atoms with van der Waals surface area (Å²) in [6.45, 7) is 5.22. The van der Waals surface area contributed by atoms with Crippen LogP contribution >= 0.6 is 11.6 Å². The number of hydrogen-bond donors (Lipinski definition) is 0. The van der Waals surface area contributed by atoms with Crippen LogP contribution in [0.2, 0.25) is 0 Å². The largest absolute Gasteiger partial charge is 0.493 e. The summed E-state index contributed by atoms with van der Waals surface area (Å²) < 4.78 is 28.6. The predicted molar refractivity (Wildman–Crippen MR) is 87.7 cm³/mol. The molecule has 0 saturated carbocycles. The van der Waals surface area contributed by atoms with Crippen molar-refractivity contribution in [3.05, 3.63) is 29.8 Å². The standard InChI is InChI=1S/C16H21ClO3S/c1-16(2,3)21(18,19)13-12-20-15-9-7-14(8-10-15)6-4-5-11-17/h7-10H,5,11-13H2,1-3H3. The van der Waals surface area contributed by atoms with Crippen molar-refractivity contribution in [2.75, 3.05) is 18.2 Å². The van der Waals surface area contributed by atoms with Crippen LogP contribution in [-0.4, -0.2) is 31.4 Å². The van der Waals surface area contributed by atoms with E-state index >= 15 is 0 Å². The molecule has 0 aliphatic heterocycles. The fourth-order valence-corrected chi connectivity index (χ4v) is 2.43. The molecule has 0 spiro atoms. The fourth-order valence-electron chi connectivity index (χ4n) is 1.42. The van der Waals surface area contributed by atoms with E-state index in [-0.39, 0.29) is 12.4 Å². The third-order valence-electron chi connectivity index (χ3n) is 2.86. The van der Waals surface area contributed by atoms with E-state index in [2.05, 4.69) is 11.8 Å². The van der Waals surface area contributed by atoms with Gasteiger partial charge < -0.3 is 4.74 Å². The lowest BCUT2D eigenvalue weighted by atomic mass is 10.2. The zero-order valence-corrected chi connectivity index (χ0v) is 14.2. The minimum atomic E-state index is -3.15. The second-order valence-corrected chi connectivity index (χ2v) is 8.79. The average Bonchev–Trinajstić information content (AvgIpc) is 2.39. The Kier molecular flexibility index (Phi) is 6.57. The van der Waals surface area contributed by atoms with Gasteiger partial charge >= 0.3 is 0 Å². The maximum Gasteiger partial charge on any atom is 0.158 e. The first-order valence-electron chi connectivity index (χ1n) is 6.76. The summed E-state index contributed by atoms with van der Waals surface area (Å²) in [6, 6.07) is 7.26. The van der Waals surface area contributed by atoms with Gasteiger partial charge in [0.25, 0.3) is 0 Å². The van der Waals surface area contributed by atoms with Crippen molar-refractivity contribution in [2.24, 2.45) is 0 Å². The van der Waals surface area contributed by atoms with E-state index < -0.39 is 14.6 Å². The maximum atomic E-state index is 11.9.